The Bertz CT molecular complexity index is 959. The van der Waals surface area contributed by atoms with E-state index in [1.165, 1.54) is 33.1 Å². The second-order valence-corrected chi connectivity index (χ2v) is 6.23. The molecule has 0 fully saturated rings. The predicted octanol–water partition coefficient (Wildman–Crippen LogP) is 2.14. The lowest BCUT2D eigenvalue weighted by Crippen LogP contribution is -2.46. The van der Waals surface area contributed by atoms with Crippen molar-refractivity contribution in [2.75, 3.05) is 29.9 Å². The molecule has 0 radical (unpaired) electrons. The molecule has 8 heteroatoms. The number of benzene rings is 2. The summed E-state index contributed by atoms with van der Waals surface area (Å²) in [4.78, 5) is 44.3. The average molecular weight is 391 g/mol. The van der Waals surface area contributed by atoms with E-state index < -0.39 is 11.9 Å². The van der Waals surface area contributed by atoms with Crippen LogP contribution in [0.1, 0.15) is 0 Å². The second-order valence-electron chi connectivity index (χ2n) is 6.23. The van der Waals surface area contributed by atoms with E-state index >= 15 is 0 Å². The molecule has 0 atom stereocenters. The predicted molar refractivity (Wildman–Crippen MR) is 110 cm³/mol. The standard InChI is InChI=1S/C21H21N5O3/c1-24(17-8-4-2-5-9-17)20(28)15-26(18-10-6-3-7-11-18)19(27)14-23-21(29)25-13-12-22-16-25/h2-13,16H,14-15H2,1H3,(H,23,29). The molecule has 1 heterocycles. The zero-order chi connectivity index (χ0) is 20.6. The Labute approximate surface area is 168 Å². The lowest BCUT2D eigenvalue weighted by Gasteiger charge is -2.25. The fraction of sp³-hybridized carbons (Fsp3) is 0.143. The Hall–Kier alpha value is -3.94. The van der Waals surface area contributed by atoms with Crippen molar-refractivity contribution in [1.29, 1.82) is 0 Å². The van der Waals surface area contributed by atoms with Gasteiger partial charge in [-0.05, 0) is 24.3 Å². The Balaban J connectivity index is 1.71. The molecule has 0 aliphatic heterocycles. The lowest BCUT2D eigenvalue weighted by molar-refractivity contribution is -0.121. The number of likely N-dealkylation sites (N-methyl/N-ethyl adjacent to an activating group) is 1. The monoisotopic (exact) mass is 391 g/mol. The number of carbonyl (C=O) groups is 3. The molecule has 0 aliphatic carbocycles. The minimum absolute atomic E-state index is 0.158. The van der Waals surface area contributed by atoms with Crippen LogP contribution in [0.3, 0.4) is 0 Å². The minimum Gasteiger partial charge on any atom is -0.328 e. The van der Waals surface area contributed by atoms with Gasteiger partial charge in [-0.15, -0.1) is 0 Å². The Kier molecular flexibility index (Phi) is 6.36. The number of aromatic nitrogens is 2. The highest BCUT2D eigenvalue weighted by Gasteiger charge is 2.22. The maximum Gasteiger partial charge on any atom is 0.327 e. The van der Waals surface area contributed by atoms with Gasteiger partial charge in [-0.2, -0.15) is 0 Å². The fourth-order valence-corrected chi connectivity index (χ4v) is 2.69. The molecule has 0 bridgehead atoms. The van der Waals surface area contributed by atoms with Crippen LogP contribution < -0.4 is 15.1 Å². The number of amides is 3. The van der Waals surface area contributed by atoms with Gasteiger partial charge in [0.05, 0.1) is 6.54 Å². The van der Waals surface area contributed by atoms with Gasteiger partial charge in [0.25, 0.3) is 0 Å². The van der Waals surface area contributed by atoms with E-state index in [2.05, 4.69) is 10.3 Å². The Morgan fingerprint density at radius 1 is 0.931 bits per heavy atom. The molecular weight excluding hydrogens is 370 g/mol. The number of imidazole rings is 1. The highest BCUT2D eigenvalue weighted by molar-refractivity contribution is 6.04. The number of hydrogen-bond donors (Lipinski definition) is 1. The van der Waals surface area contributed by atoms with Crippen molar-refractivity contribution < 1.29 is 14.4 Å². The van der Waals surface area contributed by atoms with E-state index in [1.807, 2.05) is 36.4 Å². The molecule has 0 unspecified atom stereocenters. The van der Waals surface area contributed by atoms with Crippen molar-refractivity contribution in [2.45, 2.75) is 0 Å². The van der Waals surface area contributed by atoms with E-state index in [1.54, 1.807) is 31.3 Å². The first kappa shape index (κ1) is 19.8. The number of rotatable bonds is 6. The van der Waals surface area contributed by atoms with Crippen LogP contribution in [0.4, 0.5) is 16.2 Å². The third-order valence-corrected chi connectivity index (χ3v) is 4.31. The number of anilines is 2. The summed E-state index contributed by atoms with van der Waals surface area (Å²) in [5.74, 6) is -0.659. The van der Waals surface area contributed by atoms with Crippen LogP contribution in [0.25, 0.3) is 0 Å². The van der Waals surface area contributed by atoms with E-state index in [-0.39, 0.29) is 19.0 Å². The van der Waals surface area contributed by atoms with E-state index in [9.17, 15) is 14.4 Å². The minimum atomic E-state index is -0.475. The van der Waals surface area contributed by atoms with Crippen LogP contribution in [0, 0.1) is 0 Å². The SMILES string of the molecule is CN(C(=O)CN(C(=O)CNC(=O)n1ccnc1)c1ccccc1)c1ccccc1. The van der Waals surface area contributed by atoms with Crippen LogP contribution in [0.15, 0.2) is 79.4 Å². The summed E-state index contributed by atoms with van der Waals surface area (Å²) in [5.41, 5.74) is 1.30. The summed E-state index contributed by atoms with van der Waals surface area (Å²) in [6, 6.07) is 17.6. The van der Waals surface area contributed by atoms with Crippen molar-refractivity contribution in [3.8, 4) is 0 Å². The van der Waals surface area contributed by atoms with Crippen LogP contribution in [-0.4, -0.2) is 47.5 Å². The van der Waals surface area contributed by atoms with Crippen molar-refractivity contribution in [2.24, 2.45) is 0 Å². The molecule has 3 rings (SSSR count). The van der Waals surface area contributed by atoms with Gasteiger partial charge in [-0.25, -0.2) is 9.78 Å². The molecule has 3 amide bonds. The van der Waals surface area contributed by atoms with Gasteiger partial charge in [0.2, 0.25) is 11.8 Å². The number of para-hydroxylation sites is 2. The largest absolute Gasteiger partial charge is 0.328 e. The highest BCUT2D eigenvalue weighted by atomic mass is 16.2. The Morgan fingerprint density at radius 3 is 2.14 bits per heavy atom. The second kappa shape index (κ2) is 9.32. The summed E-state index contributed by atoms with van der Waals surface area (Å²) in [7, 11) is 1.66. The van der Waals surface area contributed by atoms with E-state index in [4.69, 9.17) is 0 Å². The molecule has 0 saturated heterocycles. The van der Waals surface area contributed by atoms with Crippen LogP contribution in [0.2, 0.25) is 0 Å². The average Bonchev–Trinajstić information content (AvgIpc) is 3.31. The van der Waals surface area contributed by atoms with Gasteiger partial charge in [0.1, 0.15) is 12.9 Å². The number of hydrogen-bond acceptors (Lipinski definition) is 4. The number of nitrogens with zero attached hydrogens (tertiary/aromatic N) is 4. The third-order valence-electron chi connectivity index (χ3n) is 4.31. The maximum atomic E-state index is 12.8. The van der Waals surface area contributed by atoms with E-state index in [0.717, 1.165) is 5.69 Å². The summed E-state index contributed by atoms with van der Waals surface area (Å²) < 4.78 is 1.23. The first-order valence-electron chi connectivity index (χ1n) is 8.99. The molecule has 29 heavy (non-hydrogen) atoms. The summed E-state index contributed by atoms with van der Waals surface area (Å²) in [6.45, 7) is -0.413. The van der Waals surface area contributed by atoms with Gasteiger partial charge in [0.15, 0.2) is 0 Å². The third kappa shape index (κ3) is 5.07. The lowest BCUT2D eigenvalue weighted by atomic mass is 10.2. The summed E-state index contributed by atoms with van der Waals surface area (Å²) in [5, 5.41) is 2.54. The maximum absolute atomic E-state index is 12.8. The molecule has 148 valence electrons. The Morgan fingerprint density at radius 2 is 1.55 bits per heavy atom. The zero-order valence-electron chi connectivity index (χ0n) is 15.9. The molecule has 0 spiro atoms. The quantitative estimate of drug-likeness (QED) is 0.697. The fourth-order valence-electron chi connectivity index (χ4n) is 2.69. The topological polar surface area (TPSA) is 87.5 Å². The van der Waals surface area contributed by atoms with Gasteiger partial charge in [-0.1, -0.05) is 36.4 Å². The highest BCUT2D eigenvalue weighted by Crippen LogP contribution is 2.16. The molecule has 2 aromatic carbocycles. The first-order valence-corrected chi connectivity index (χ1v) is 8.99. The normalized spacial score (nSPS) is 10.2. The van der Waals surface area contributed by atoms with Crippen LogP contribution in [0.5, 0.6) is 0 Å². The van der Waals surface area contributed by atoms with Gasteiger partial charge in [0, 0.05) is 30.8 Å². The molecule has 0 aliphatic rings. The molecule has 3 aromatic rings. The van der Waals surface area contributed by atoms with Crippen molar-refractivity contribution >= 4 is 29.2 Å². The van der Waals surface area contributed by atoms with Gasteiger partial charge >= 0.3 is 6.03 Å². The number of nitrogens with one attached hydrogen (secondary N) is 1. The first-order chi connectivity index (χ1) is 14.1. The zero-order valence-corrected chi connectivity index (χ0v) is 15.9. The summed E-state index contributed by atoms with van der Waals surface area (Å²) >= 11 is 0. The molecule has 1 N–H and O–H groups in total. The van der Waals surface area contributed by atoms with Crippen molar-refractivity contribution in [3.05, 3.63) is 79.4 Å². The molecular formula is C21H21N5O3. The van der Waals surface area contributed by atoms with Gasteiger partial charge < -0.3 is 15.1 Å². The van der Waals surface area contributed by atoms with Crippen molar-refractivity contribution in [3.63, 3.8) is 0 Å². The van der Waals surface area contributed by atoms with Crippen LogP contribution >= 0.6 is 0 Å². The van der Waals surface area contributed by atoms with E-state index in [0.29, 0.717) is 5.69 Å². The molecule has 8 nitrogen and oxygen atoms in total. The molecule has 0 saturated carbocycles. The number of carbonyl (C=O) groups excluding carboxylic acids is 3. The van der Waals surface area contributed by atoms with Gasteiger partial charge in [-0.3, -0.25) is 14.2 Å². The van der Waals surface area contributed by atoms with Crippen molar-refractivity contribution in [1.82, 2.24) is 14.9 Å². The summed E-state index contributed by atoms with van der Waals surface area (Å²) in [6.07, 6.45) is 4.29. The molecule has 1 aromatic heterocycles. The van der Waals surface area contributed by atoms with Crippen LogP contribution in [-0.2, 0) is 9.59 Å². The smallest absolute Gasteiger partial charge is 0.327 e.